The van der Waals surface area contributed by atoms with Crippen LogP contribution in [-0.4, -0.2) is 56.8 Å². The lowest BCUT2D eigenvalue weighted by Crippen LogP contribution is -2.58. The number of nitrogens with zero attached hydrogens (tertiary/aromatic N) is 4. The largest absolute Gasteiger partial charge is 0.339 e. The fourth-order valence-electron chi connectivity index (χ4n) is 3.39. The number of imidazole rings is 1. The van der Waals surface area contributed by atoms with E-state index in [0.29, 0.717) is 0 Å². The van der Waals surface area contributed by atoms with Crippen LogP contribution < -0.4 is 5.73 Å². The topological polar surface area (TPSA) is 66.9 Å². The first-order valence-electron chi connectivity index (χ1n) is 8.73. The lowest BCUT2D eigenvalue weighted by Gasteiger charge is -2.38. The van der Waals surface area contributed by atoms with Crippen LogP contribution in [0.4, 0.5) is 0 Å². The van der Waals surface area contributed by atoms with Gasteiger partial charge in [-0.05, 0) is 25.5 Å². The van der Waals surface area contributed by atoms with Crippen molar-refractivity contribution in [1.82, 2.24) is 19.2 Å². The number of aromatic nitrogens is 2. The lowest BCUT2D eigenvalue weighted by molar-refractivity contribution is -0.138. The normalized spacial score (nSPS) is 17.3. The van der Waals surface area contributed by atoms with E-state index < -0.39 is 5.54 Å². The molecule has 0 saturated carbocycles. The Bertz CT molecular complexity index is 677. The molecule has 3 heterocycles. The van der Waals surface area contributed by atoms with E-state index in [2.05, 4.69) is 23.0 Å². The minimum Gasteiger partial charge on any atom is -0.339 e. The SMILES string of the molecule is CCCC(C)(N)C(=O)N1CCN(Cc2cn3ccccc3n2)CC1.Cl.Cl. The van der Waals surface area contributed by atoms with Gasteiger partial charge in [-0.2, -0.15) is 0 Å². The second-order valence-corrected chi connectivity index (χ2v) is 6.93. The molecule has 0 spiro atoms. The molecule has 2 N–H and O–H groups in total. The number of carbonyl (C=O) groups excluding carboxylic acids is 1. The van der Waals surface area contributed by atoms with Gasteiger partial charge in [0, 0.05) is 45.1 Å². The van der Waals surface area contributed by atoms with Crippen LogP contribution in [-0.2, 0) is 11.3 Å². The zero-order chi connectivity index (χ0) is 17.2. The summed E-state index contributed by atoms with van der Waals surface area (Å²) in [6.45, 7) is 7.93. The predicted molar refractivity (Wildman–Crippen MR) is 109 cm³/mol. The number of piperazine rings is 1. The third-order valence-corrected chi connectivity index (χ3v) is 4.72. The summed E-state index contributed by atoms with van der Waals surface area (Å²) >= 11 is 0. The highest BCUT2D eigenvalue weighted by Gasteiger charge is 2.33. The van der Waals surface area contributed by atoms with Gasteiger partial charge in [0.15, 0.2) is 0 Å². The van der Waals surface area contributed by atoms with E-state index in [0.717, 1.165) is 56.9 Å². The number of pyridine rings is 1. The van der Waals surface area contributed by atoms with Gasteiger partial charge in [0.1, 0.15) is 5.65 Å². The van der Waals surface area contributed by atoms with Crippen molar-refractivity contribution in [3.8, 4) is 0 Å². The Hall–Kier alpha value is -1.34. The molecular weight excluding hydrogens is 373 g/mol. The van der Waals surface area contributed by atoms with Crippen molar-refractivity contribution in [2.75, 3.05) is 26.2 Å². The number of fused-ring (bicyclic) bond motifs is 1. The lowest BCUT2D eigenvalue weighted by atomic mass is 9.95. The van der Waals surface area contributed by atoms with Crippen LogP contribution in [0.25, 0.3) is 5.65 Å². The second kappa shape index (κ2) is 9.55. The van der Waals surface area contributed by atoms with Gasteiger partial charge in [-0.3, -0.25) is 9.69 Å². The molecule has 1 unspecified atom stereocenters. The molecule has 1 atom stereocenters. The number of amides is 1. The van der Waals surface area contributed by atoms with Crippen molar-refractivity contribution in [2.24, 2.45) is 5.73 Å². The molecule has 0 bridgehead atoms. The maximum atomic E-state index is 12.6. The van der Waals surface area contributed by atoms with Crippen molar-refractivity contribution in [2.45, 2.75) is 38.8 Å². The van der Waals surface area contributed by atoms with E-state index >= 15 is 0 Å². The molecule has 26 heavy (non-hydrogen) atoms. The van der Waals surface area contributed by atoms with E-state index in [1.807, 2.05) is 40.6 Å². The molecule has 0 radical (unpaired) electrons. The summed E-state index contributed by atoms with van der Waals surface area (Å²) in [5, 5.41) is 0. The summed E-state index contributed by atoms with van der Waals surface area (Å²) in [5.74, 6) is 0.0803. The molecule has 3 rings (SSSR count). The van der Waals surface area contributed by atoms with Crippen LogP contribution in [0.15, 0.2) is 30.6 Å². The third kappa shape index (κ3) is 5.10. The number of halogens is 2. The Morgan fingerprint density at radius 1 is 1.23 bits per heavy atom. The molecule has 1 fully saturated rings. The Labute approximate surface area is 167 Å². The molecule has 2 aromatic rings. The minimum absolute atomic E-state index is 0. The Morgan fingerprint density at radius 3 is 2.54 bits per heavy atom. The van der Waals surface area contributed by atoms with Crippen molar-refractivity contribution >= 4 is 36.4 Å². The monoisotopic (exact) mass is 401 g/mol. The summed E-state index contributed by atoms with van der Waals surface area (Å²) in [6.07, 6.45) is 5.74. The van der Waals surface area contributed by atoms with Crippen molar-refractivity contribution < 1.29 is 4.79 Å². The Morgan fingerprint density at radius 2 is 1.92 bits per heavy atom. The molecule has 1 saturated heterocycles. The molecule has 146 valence electrons. The van der Waals surface area contributed by atoms with Gasteiger partial charge in [0.2, 0.25) is 5.91 Å². The van der Waals surface area contributed by atoms with Crippen LogP contribution in [0.1, 0.15) is 32.4 Å². The summed E-state index contributed by atoms with van der Waals surface area (Å²) in [7, 11) is 0. The predicted octanol–water partition coefficient (Wildman–Crippen LogP) is 2.34. The fraction of sp³-hybridized carbons (Fsp3) is 0.556. The molecule has 1 aliphatic rings. The summed E-state index contributed by atoms with van der Waals surface area (Å²) in [5.41, 5.74) is 7.49. The quantitative estimate of drug-likeness (QED) is 0.834. The molecule has 1 amide bonds. The molecule has 2 aromatic heterocycles. The third-order valence-electron chi connectivity index (χ3n) is 4.72. The first-order valence-corrected chi connectivity index (χ1v) is 8.73. The highest BCUT2D eigenvalue weighted by atomic mass is 35.5. The van der Waals surface area contributed by atoms with Crippen LogP contribution in [0.2, 0.25) is 0 Å². The second-order valence-electron chi connectivity index (χ2n) is 6.93. The van der Waals surface area contributed by atoms with Gasteiger partial charge in [-0.1, -0.05) is 19.4 Å². The van der Waals surface area contributed by atoms with Crippen LogP contribution in [0.5, 0.6) is 0 Å². The molecule has 6 nitrogen and oxygen atoms in total. The summed E-state index contributed by atoms with van der Waals surface area (Å²) in [4.78, 5) is 21.5. The van der Waals surface area contributed by atoms with Crippen LogP contribution in [0.3, 0.4) is 0 Å². The highest BCUT2D eigenvalue weighted by molar-refractivity contribution is 5.86. The molecule has 0 aliphatic carbocycles. The van der Waals surface area contributed by atoms with Gasteiger partial charge in [-0.25, -0.2) is 4.98 Å². The zero-order valence-corrected chi connectivity index (χ0v) is 17.1. The molecule has 1 aliphatic heterocycles. The highest BCUT2D eigenvalue weighted by Crippen LogP contribution is 2.16. The maximum absolute atomic E-state index is 12.6. The van der Waals surface area contributed by atoms with Gasteiger partial charge >= 0.3 is 0 Å². The number of rotatable bonds is 5. The zero-order valence-electron chi connectivity index (χ0n) is 15.4. The van der Waals surface area contributed by atoms with E-state index in [1.54, 1.807) is 0 Å². The number of nitrogens with two attached hydrogens (primary N) is 1. The first kappa shape index (κ1) is 22.7. The Balaban J connectivity index is 0.00000169. The Kier molecular flexibility index (Phi) is 8.34. The molecular formula is C18H29Cl2N5O. The summed E-state index contributed by atoms with van der Waals surface area (Å²) in [6, 6.07) is 6.01. The van der Waals surface area contributed by atoms with Gasteiger partial charge in [0.05, 0.1) is 11.2 Å². The fourth-order valence-corrected chi connectivity index (χ4v) is 3.39. The van der Waals surface area contributed by atoms with Gasteiger partial charge < -0.3 is 15.0 Å². The number of carbonyl (C=O) groups is 1. The van der Waals surface area contributed by atoms with Crippen LogP contribution in [0, 0.1) is 0 Å². The van der Waals surface area contributed by atoms with E-state index in [4.69, 9.17) is 5.73 Å². The minimum atomic E-state index is -0.738. The van der Waals surface area contributed by atoms with Gasteiger partial charge in [-0.15, -0.1) is 24.8 Å². The molecule has 0 aromatic carbocycles. The smallest absolute Gasteiger partial charge is 0.242 e. The summed E-state index contributed by atoms with van der Waals surface area (Å²) < 4.78 is 2.04. The van der Waals surface area contributed by atoms with Crippen LogP contribution >= 0.6 is 24.8 Å². The molecule has 8 heteroatoms. The van der Waals surface area contributed by atoms with Crippen molar-refractivity contribution in [1.29, 1.82) is 0 Å². The van der Waals surface area contributed by atoms with Crippen molar-refractivity contribution in [3.63, 3.8) is 0 Å². The number of hydrogen-bond donors (Lipinski definition) is 1. The first-order chi connectivity index (χ1) is 11.5. The standard InChI is InChI=1S/C18H27N5O.2ClH/c1-3-7-18(2,19)17(24)22-11-9-21(10-12-22)13-15-14-23-8-5-4-6-16(23)20-15;;/h4-6,8,14H,3,7,9-13,19H2,1-2H3;2*1H. The van der Waals surface area contributed by atoms with Crippen molar-refractivity contribution in [3.05, 3.63) is 36.3 Å². The average Bonchev–Trinajstić information content (AvgIpc) is 2.97. The maximum Gasteiger partial charge on any atom is 0.242 e. The van der Waals surface area contributed by atoms with E-state index in [9.17, 15) is 4.79 Å². The van der Waals surface area contributed by atoms with Gasteiger partial charge in [0.25, 0.3) is 0 Å². The number of hydrogen-bond acceptors (Lipinski definition) is 4. The van der Waals surface area contributed by atoms with E-state index in [-0.39, 0.29) is 30.7 Å². The van der Waals surface area contributed by atoms with E-state index in [1.165, 1.54) is 0 Å². The average molecular weight is 402 g/mol.